The predicted octanol–water partition coefficient (Wildman–Crippen LogP) is 1.08. The zero-order chi connectivity index (χ0) is 15.5. The zero-order valence-electron chi connectivity index (χ0n) is 12.2. The summed E-state index contributed by atoms with van der Waals surface area (Å²) in [5, 5.41) is 2.92. The number of amides is 1. The molecule has 6 heteroatoms. The predicted molar refractivity (Wildman–Crippen MR) is 81.3 cm³/mol. The number of hydrogen-bond acceptors (Lipinski definition) is 4. The summed E-state index contributed by atoms with van der Waals surface area (Å²) in [5.41, 5.74) is 6.58. The Morgan fingerprint density at radius 2 is 1.95 bits per heavy atom. The molecule has 2 atom stereocenters. The highest BCUT2D eigenvalue weighted by atomic mass is 32.2. The summed E-state index contributed by atoms with van der Waals surface area (Å²) in [6.07, 6.45) is 4.16. The Labute approximate surface area is 125 Å². The van der Waals surface area contributed by atoms with Crippen molar-refractivity contribution in [2.75, 3.05) is 12.8 Å². The lowest BCUT2D eigenvalue weighted by Gasteiger charge is -2.17. The van der Waals surface area contributed by atoms with Crippen molar-refractivity contribution in [3.63, 3.8) is 0 Å². The van der Waals surface area contributed by atoms with Gasteiger partial charge < -0.3 is 11.1 Å². The van der Waals surface area contributed by atoms with Crippen LogP contribution in [0.4, 0.5) is 0 Å². The molecule has 1 aliphatic rings. The summed E-state index contributed by atoms with van der Waals surface area (Å²) < 4.78 is 22.7. The van der Waals surface area contributed by atoms with E-state index < -0.39 is 9.84 Å². The van der Waals surface area contributed by atoms with Gasteiger partial charge in [-0.25, -0.2) is 8.42 Å². The van der Waals surface area contributed by atoms with E-state index in [0.29, 0.717) is 13.1 Å². The van der Waals surface area contributed by atoms with Crippen molar-refractivity contribution < 1.29 is 13.2 Å². The molecule has 3 N–H and O–H groups in total. The van der Waals surface area contributed by atoms with Crippen LogP contribution >= 0.6 is 0 Å². The molecule has 2 rings (SSSR count). The molecule has 1 amide bonds. The molecule has 0 spiro atoms. The summed E-state index contributed by atoms with van der Waals surface area (Å²) in [4.78, 5) is 12.4. The lowest BCUT2D eigenvalue weighted by molar-refractivity contribution is -0.126. The Kier molecular flexibility index (Phi) is 5.00. The van der Waals surface area contributed by atoms with E-state index in [1.807, 2.05) is 0 Å². The summed E-state index contributed by atoms with van der Waals surface area (Å²) in [6.45, 7) is 0.970. The summed E-state index contributed by atoms with van der Waals surface area (Å²) in [6, 6.07) is 6.58. The second kappa shape index (κ2) is 6.58. The maximum absolute atomic E-state index is 12.2. The first-order valence-electron chi connectivity index (χ1n) is 7.18. The second-order valence-electron chi connectivity index (χ2n) is 5.67. The average molecular weight is 310 g/mol. The van der Waals surface area contributed by atoms with Gasteiger partial charge in [-0.1, -0.05) is 18.6 Å². The Morgan fingerprint density at radius 3 is 2.52 bits per heavy atom. The van der Waals surface area contributed by atoms with E-state index >= 15 is 0 Å². The first kappa shape index (κ1) is 16.0. The smallest absolute Gasteiger partial charge is 0.223 e. The monoisotopic (exact) mass is 310 g/mol. The largest absolute Gasteiger partial charge is 0.352 e. The molecule has 0 bridgehead atoms. The van der Waals surface area contributed by atoms with Crippen molar-refractivity contribution in [1.29, 1.82) is 0 Å². The molecular weight excluding hydrogens is 288 g/mol. The summed E-state index contributed by atoms with van der Waals surface area (Å²) in [5.74, 6) is 0.359. The number of nitrogens with one attached hydrogen (secondary N) is 1. The molecule has 0 aromatic heterocycles. The molecule has 1 aliphatic carbocycles. The van der Waals surface area contributed by atoms with Gasteiger partial charge in [0, 0.05) is 18.7 Å². The third-order valence-corrected chi connectivity index (χ3v) is 5.25. The SMILES string of the molecule is CS(=O)(=O)c1ccc(CNC(=O)[C@@H]2CCC[C@@H]2CN)cc1. The molecule has 0 aliphatic heterocycles. The van der Waals surface area contributed by atoms with Gasteiger partial charge in [-0.15, -0.1) is 0 Å². The molecule has 0 radical (unpaired) electrons. The third kappa shape index (κ3) is 4.04. The van der Waals surface area contributed by atoms with Gasteiger partial charge in [-0.05, 0) is 43.0 Å². The van der Waals surface area contributed by atoms with Crippen molar-refractivity contribution >= 4 is 15.7 Å². The van der Waals surface area contributed by atoms with E-state index in [2.05, 4.69) is 5.32 Å². The Bertz CT molecular complexity index is 596. The van der Waals surface area contributed by atoms with Gasteiger partial charge in [-0.2, -0.15) is 0 Å². The molecule has 0 saturated heterocycles. The van der Waals surface area contributed by atoms with Gasteiger partial charge >= 0.3 is 0 Å². The third-order valence-electron chi connectivity index (χ3n) is 4.12. The number of carbonyl (C=O) groups is 1. The Hall–Kier alpha value is -1.40. The molecule has 5 nitrogen and oxygen atoms in total. The van der Waals surface area contributed by atoms with Crippen LogP contribution in [0.25, 0.3) is 0 Å². The van der Waals surface area contributed by atoms with Crippen LogP contribution in [0.3, 0.4) is 0 Å². The fourth-order valence-electron chi connectivity index (χ4n) is 2.84. The van der Waals surface area contributed by atoms with Gasteiger partial charge in [0.2, 0.25) is 5.91 Å². The van der Waals surface area contributed by atoms with Crippen LogP contribution in [-0.2, 0) is 21.2 Å². The van der Waals surface area contributed by atoms with Crippen LogP contribution in [0.1, 0.15) is 24.8 Å². The van der Waals surface area contributed by atoms with Gasteiger partial charge in [0.25, 0.3) is 0 Å². The fourth-order valence-corrected chi connectivity index (χ4v) is 3.47. The lowest BCUT2D eigenvalue weighted by Crippen LogP contribution is -2.34. The second-order valence-corrected chi connectivity index (χ2v) is 7.68. The highest BCUT2D eigenvalue weighted by Crippen LogP contribution is 2.30. The topological polar surface area (TPSA) is 89.3 Å². The number of nitrogens with two attached hydrogens (primary N) is 1. The van der Waals surface area contributed by atoms with Crippen LogP contribution in [0.5, 0.6) is 0 Å². The number of sulfone groups is 1. The summed E-state index contributed by atoms with van der Waals surface area (Å²) >= 11 is 0. The quantitative estimate of drug-likeness (QED) is 0.851. The molecule has 0 heterocycles. The van der Waals surface area contributed by atoms with Crippen LogP contribution in [-0.4, -0.2) is 27.1 Å². The molecule has 1 aromatic rings. The lowest BCUT2D eigenvalue weighted by atomic mass is 9.95. The van der Waals surface area contributed by atoms with E-state index in [-0.39, 0.29) is 22.6 Å². The first-order chi connectivity index (χ1) is 9.91. The molecule has 21 heavy (non-hydrogen) atoms. The van der Waals surface area contributed by atoms with Crippen molar-refractivity contribution in [2.45, 2.75) is 30.7 Å². The van der Waals surface area contributed by atoms with E-state index in [0.717, 1.165) is 24.8 Å². The molecule has 1 saturated carbocycles. The average Bonchev–Trinajstić information content (AvgIpc) is 2.92. The van der Waals surface area contributed by atoms with Crippen LogP contribution in [0.2, 0.25) is 0 Å². The Balaban J connectivity index is 1.92. The zero-order valence-corrected chi connectivity index (χ0v) is 13.0. The minimum absolute atomic E-state index is 0.0188. The number of carbonyl (C=O) groups excluding carboxylic acids is 1. The minimum Gasteiger partial charge on any atom is -0.352 e. The minimum atomic E-state index is -3.18. The summed E-state index contributed by atoms with van der Waals surface area (Å²) in [7, 11) is -3.18. The van der Waals surface area contributed by atoms with Crippen LogP contribution in [0.15, 0.2) is 29.2 Å². The fraction of sp³-hybridized carbons (Fsp3) is 0.533. The molecular formula is C15H22N2O3S. The normalized spacial score (nSPS) is 22.2. The van der Waals surface area contributed by atoms with Crippen molar-refractivity contribution in [2.24, 2.45) is 17.6 Å². The van der Waals surface area contributed by atoms with E-state index in [1.54, 1.807) is 24.3 Å². The first-order valence-corrected chi connectivity index (χ1v) is 9.07. The van der Waals surface area contributed by atoms with Crippen molar-refractivity contribution in [3.05, 3.63) is 29.8 Å². The molecule has 0 unspecified atom stereocenters. The van der Waals surface area contributed by atoms with Gasteiger partial charge in [0.05, 0.1) is 4.90 Å². The van der Waals surface area contributed by atoms with Crippen LogP contribution < -0.4 is 11.1 Å². The van der Waals surface area contributed by atoms with E-state index in [9.17, 15) is 13.2 Å². The van der Waals surface area contributed by atoms with Gasteiger partial charge in [0.1, 0.15) is 0 Å². The standard InChI is InChI=1S/C15H22N2O3S/c1-21(19,20)13-7-5-11(6-8-13)10-17-15(18)14-4-2-3-12(14)9-16/h5-8,12,14H,2-4,9-10,16H2,1H3,(H,17,18)/t12-,14-/m1/s1. The van der Waals surface area contributed by atoms with Gasteiger partial charge in [-0.3, -0.25) is 4.79 Å². The van der Waals surface area contributed by atoms with Crippen molar-refractivity contribution in [1.82, 2.24) is 5.32 Å². The van der Waals surface area contributed by atoms with E-state index in [4.69, 9.17) is 5.73 Å². The Morgan fingerprint density at radius 1 is 1.29 bits per heavy atom. The van der Waals surface area contributed by atoms with E-state index in [1.165, 1.54) is 6.26 Å². The molecule has 116 valence electrons. The molecule has 1 aromatic carbocycles. The highest BCUT2D eigenvalue weighted by molar-refractivity contribution is 7.90. The number of benzene rings is 1. The number of rotatable bonds is 5. The maximum atomic E-state index is 12.2. The highest BCUT2D eigenvalue weighted by Gasteiger charge is 2.31. The van der Waals surface area contributed by atoms with Gasteiger partial charge in [0.15, 0.2) is 9.84 Å². The maximum Gasteiger partial charge on any atom is 0.223 e. The van der Waals surface area contributed by atoms with Crippen LogP contribution in [0, 0.1) is 11.8 Å². The molecule has 1 fully saturated rings. The van der Waals surface area contributed by atoms with Crippen molar-refractivity contribution in [3.8, 4) is 0 Å². The number of hydrogen-bond donors (Lipinski definition) is 2.